The van der Waals surface area contributed by atoms with Crippen LogP contribution in [0.1, 0.15) is 5.76 Å². The van der Waals surface area contributed by atoms with Crippen molar-refractivity contribution in [1.29, 1.82) is 0 Å². The number of furan rings is 1. The standard InChI is InChI=1S/C7H4BrF5O2/c8-5-2-1-4(15-5)3-14-7(12,13)6(9,10)11/h1-2H,3H2. The second-order valence-corrected chi connectivity index (χ2v) is 3.29. The van der Waals surface area contributed by atoms with E-state index in [0.717, 1.165) is 0 Å². The normalized spacial score (nSPS) is 13.2. The molecule has 0 aliphatic carbocycles. The quantitative estimate of drug-likeness (QED) is 0.793. The van der Waals surface area contributed by atoms with Crippen LogP contribution in [0.5, 0.6) is 0 Å². The highest BCUT2D eigenvalue weighted by molar-refractivity contribution is 9.10. The van der Waals surface area contributed by atoms with Crippen molar-refractivity contribution in [3.05, 3.63) is 22.6 Å². The molecule has 0 aliphatic rings. The SMILES string of the molecule is FC(F)(F)C(F)(F)OCc1ccc(Br)o1. The van der Waals surface area contributed by atoms with E-state index < -0.39 is 18.9 Å². The van der Waals surface area contributed by atoms with Gasteiger partial charge in [-0.25, -0.2) is 0 Å². The van der Waals surface area contributed by atoms with E-state index in [1.54, 1.807) is 0 Å². The molecule has 2 nitrogen and oxygen atoms in total. The van der Waals surface area contributed by atoms with E-state index in [1.807, 2.05) is 0 Å². The molecule has 0 aromatic carbocycles. The summed E-state index contributed by atoms with van der Waals surface area (Å²) in [5.41, 5.74) is 0. The van der Waals surface area contributed by atoms with Gasteiger partial charge in [0.15, 0.2) is 4.67 Å². The van der Waals surface area contributed by atoms with Crippen molar-refractivity contribution in [3.63, 3.8) is 0 Å². The molecule has 1 aromatic heterocycles. The maximum Gasteiger partial charge on any atom is 0.482 e. The molecule has 0 spiro atoms. The molecular weight excluding hydrogens is 291 g/mol. The molecule has 1 aromatic rings. The summed E-state index contributed by atoms with van der Waals surface area (Å²) in [6.07, 6.45) is -10.9. The van der Waals surface area contributed by atoms with Crippen LogP contribution in [0.15, 0.2) is 21.2 Å². The van der Waals surface area contributed by atoms with Gasteiger partial charge in [0.1, 0.15) is 12.4 Å². The Morgan fingerprint density at radius 3 is 2.20 bits per heavy atom. The Morgan fingerprint density at radius 1 is 1.20 bits per heavy atom. The Hall–Kier alpha value is -0.630. The lowest BCUT2D eigenvalue weighted by Gasteiger charge is -2.18. The Morgan fingerprint density at radius 2 is 1.80 bits per heavy atom. The summed E-state index contributed by atoms with van der Waals surface area (Å²) < 4.78 is 67.6. The molecule has 0 unspecified atom stereocenters. The third-order valence-electron chi connectivity index (χ3n) is 1.35. The first kappa shape index (κ1) is 12.4. The first-order valence-electron chi connectivity index (χ1n) is 3.55. The van der Waals surface area contributed by atoms with Gasteiger partial charge in [-0.15, -0.1) is 0 Å². The van der Waals surface area contributed by atoms with E-state index in [9.17, 15) is 22.0 Å². The first-order chi connectivity index (χ1) is 6.72. The minimum absolute atomic E-state index is 0.134. The van der Waals surface area contributed by atoms with Crippen LogP contribution < -0.4 is 0 Å². The fourth-order valence-corrected chi connectivity index (χ4v) is 1.01. The third-order valence-corrected chi connectivity index (χ3v) is 1.78. The summed E-state index contributed by atoms with van der Waals surface area (Å²) in [6.45, 7) is -0.960. The van der Waals surface area contributed by atoms with Gasteiger partial charge < -0.3 is 9.15 Å². The van der Waals surface area contributed by atoms with E-state index >= 15 is 0 Å². The number of halogens is 6. The zero-order valence-corrected chi connectivity index (χ0v) is 8.53. The van der Waals surface area contributed by atoms with E-state index in [4.69, 9.17) is 0 Å². The Labute approximate surface area is 89.1 Å². The van der Waals surface area contributed by atoms with Gasteiger partial charge in [0.25, 0.3) is 0 Å². The topological polar surface area (TPSA) is 22.4 Å². The number of alkyl halides is 5. The second-order valence-electron chi connectivity index (χ2n) is 2.51. The van der Waals surface area contributed by atoms with E-state index in [2.05, 4.69) is 25.1 Å². The van der Waals surface area contributed by atoms with Crippen LogP contribution in [0.25, 0.3) is 0 Å². The minimum atomic E-state index is -5.73. The van der Waals surface area contributed by atoms with Gasteiger partial charge in [-0.1, -0.05) is 0 Å². The van der Waals surface area contributed by atoms with Crippen molar-refractivity contribution >= 4 is 15.9 Å². The lowest BCUT2D eigenvalue weighted by molar-refractivity contribution is -0.395. The molecule has 0 saturated carbocycles. The molecule has 0 radical (unpaired) electrons. The van der Waals surface area contributed by atoms with Gasteiger partial charge >= 0.3 is 12.3 Å². The average molecular weight is 295 g/mol. The van der Waals surface area contributed by atoms with E-state index in [-0.39, 0.29) is 10.4 Å². The van der Waals surface area contributed by atoms with Gasteiger partial charge in [-0.3, -0.25) is 0 Å². The molecule has 0 bridgehead atoms. The summed E-state index contributed by atoms with van der Waals surface area (Å²) in [5, 5.41) is 0. The Balaban J connectivity index is 2.57. The predicted octanol–water partition coefficient (Wildman–Crippen LogP) is 3.71. The van der Waals surface area contributed by atoms with Gasteiger partial charge in [0, 0.05) is 0 Å². The van der Waals surface area contributed by atoms with Crippen molar-refractivity contribution in [2.75, 3.05) is 0 Å². The molecule has 1 heterocycles. The lowest BCUT2D eigenvalue weighted by Crippen LogP contribution is -2.38. The van der Waals surface area contributed by atoms with Gasteiger partial charge in [-0.05, 0) is 28.1 Å². The van der Waals surface area contributed by atoms with Crippen molar-refractivity contribution in [2.24, 2.45) is 0 Å². The summed E-state index contributed by atoms with van der Waals surface area (Å²) in [4.78, 5) is 0. The molecule has 8 heteroatoms. The first-order valence-corrected chi connectivity index (χ1v) is 4.34. The molecule has 0 fully saturated rings. The van der Waals surface area contributed by atoms with Gasteiger partial charge in [0.2, 0.25) is 0 Å². The number of rotatable bonds is 3. The van der Waals surface area contributed by atoms with Crippen molar-refractivity contribution in [1.82, 2.24) is 0 Å². The van der Waals surface area contributed by atoms with Crippen LogP contribution >= 0.6 is 15.9 Å². The van der Waals surface area contributed by atoms with Crippen LogP contribution in [-0.2, 0) is 11.3 Å². The fourth-order valence-electron chi connectivity index (χ4n) is 0.673. The van der Waals surface area contributed by atoms with Crippen LogP contribution in [-0.4, -0.2) is 12.3 Å². The summed E-state index contributed by atoms with van der Waals surface area (Å²) in [7, 11) is 0. The third kappa shape index (κ3) is 3.16. The highest BCUT2D eigenvalue weighted by Crippen LogP contribution is 2.37. The summed E-state index contributed by atoms with van der Waals surface area (Å²) in [6, 6.07) is 2.57. The largest absolute Gasteiger partial charge is 0.482 e. The van der Waals surface area contributed by atoms with Crippen molar-refractivity contribution in [2.45, 2.75) is 18.9 Å². The molecule has 86 valence electrons. The molecule has 0 atom stereocenters. The zero-order valence-electron chi connectivity index (χ0n) is 6.95. The highest BCUT2D eigenvalue weighted by atomic mass is 79.9. The van der Waals surface area contributed by atoms with Crippen molar-refractivity contribution < 1.29 is 31.1 Å². The monoisotopic (exact) mass is 294 g/mol. The van der Waals surface area contributed by atoms with Gasteiger partial charge in [0.05, 0.1) is 0 Å². The molecule has 1 rings (SSSR count). The molecule has 0 amide bonds. The van der Waals surface area contributed by atoms with Crippen molar-refractivity contribution in [3.8, 4) is 0 Å². The van der Waals surface area contributed by atoms with Crippen LogP contribution in [0.3, 0.4) is 0 Å². The number of hydrogen-bond donors (Lipinski definition) is 0. The summed E-state index contributed by atoms with van der Waals surface area (Å²) >= 11 is 2.86. The minimum Gasteiger partial charge on any atom is -0.452 e. The zero-order chi connectivity index (χ0) is 11.7. The van der Waals surface area contributed by atoms with E-state index in [0.29, 0.717) is 0 Å². The number of hydrogen-bond acceptors (Lipinski definition) is 2. The molecule has 15 heavy (non-hydrogen) atoms. The van der Waals surface area contributed by atoms with Gasteiger partial charge in [-0.2, -0.15) is 22.0 Å². The molecular formula is C7H4BrF5O2. The fraction of sp³-hybridized carbons (Fsp3) is 0.429. The van der Waals surface area contributed by atoms with Crippen LogP contribution in [0.4, 0.5) is 22.0 Å². The molecule has 0 aliphatic heterocycles. The predicted molar refractivity (Wildman–Crippen MR) is 42.2 cm³/mol. The van der Waals surface area contributed by atoms with Crippen LogP contribution in [0, 0.1) is 0 Å². The van der Waals surface area contributed by atoms with Crippen LogP contribution in [0.2, 0.25) is 0 Å². The lowest BCUT2D eigenvalue weighted by atomic mass is 10.5. The molecule has 0 saturated heterocycles. The Bertz CT molecular complexity index is 332. The molecule has 0 N–H and O–H groups in total. The Kier molecular flexibility index (Phi) is 3.39. The average Bonchev–Trinajstić information content (AvgIpc) is 2.46. The smallest absolute Gasteiger partial charge is 0.452 e. The van der Waals surface area contributed by atoms with E-state index in [1.165, 1.54) is 12.1 Å². The summed E-state index contributed by atoms with van der Waals surface area (Å²) in [5.74, 6) is -0.134. The maximum atomic E-state index is 12.2. The second kappa shape index (κ2) is 4.09. The maximum absolute atomic E-state index is 12.2. The number of ether oxygens (including phenoxy) is 1. The highest BCUT2D eigenvalue weighted by Gasteiger charge is 2.59.